The molecule has 4 N–H and O–H groups in total. The lowest BCUT2D eigenvalue weighted by molar-refractivity contribution is 0.0692. The zero-order valence-electron chi connectivity index (χ0n) is 7.74. The van der Waals surface area contributed by atoms with Crippen LogP contribution in [-0.2, 0) is 0 Å². The molecule has 0 saturated heterocycles. The highest BCUT2D eigenvalue weighted by atomic mass is 19.1. The highest BCUT2D eigenvalue weighted by Crippen LogP contribution is 2.25. The van der Waals surface area contributed by atoms with Crippen LogP contribution in [0.5, 0.6) is 5.75 Å². The smallest absolute Gasteiger partial charge is 0.338 e. The number of aliphatic hydroxyl groups is 1. The second kappa shape index (κ2) is 4.61. The van der Waals surface area contributed by atoms with Crippen molar-refractivity contribution in [2.24, 2.45) is 0 Å². The molecule has 1 aromatic carbocycles. The molecular formula is C9H10FNO4. The van der Waals surface area contributed by atoms with Crippen molar-refractivity contribution in [2.45, 2.75) is 0 Å². The molecule has 0 heterocycles. The molecule has 82 valence electrons. The third kappa shape index (κ3) is 2.57. The second-order valence-electron chi connectivity index (χ2n) is 2.75. The highest BCUT2D eigenvalue weighted by Gasteiger charge is 2.14. The Kier molecular flexibility index (Phi) is 3.46. The van der Waals surface area contributed by atoms with E-state index in [-0.39, 0.29) is 24.7 Å². The summed E-state index contributed by atoms with van der Waals surface area (Å²) in [4.78, 5) is 10.5. The minimum Gasteiger partial charge on any atom is -0.489 e. The van der Waals surface area contributed by atoms with E-state index in [4.69, 9.17) is 20.7 Å². The van der Waals surface area contributed by atoms with Gasteiger partial charge in [0.2, 0.25) is 0 Å². The number of hydrogen-bond acceptors (Lipinski definition) is 4. The Bertz CT molecular complexity index is 381. The van der Waals surface area contributed by atoms with E-state index < -0.39 is 17.3 Å². The van der Waals surface area contributed by atoms with Crippen LogP contribution < -0.4 is 10.5 Å². The highest BCUT2D eigenvalue weighted by molar-refractivity contribution is 5.89. The summed E-state index contributed by atoms with van der Waals surface area (Å²) >= 11 is 0. The number of nitrogen functional groups attached to an aromatic ring is 1. The van der Waals surface area contributed by atoms with Gasteiger partial charge < -0.3 is 20.7 Å². The molecule has 15 heavy (non-hydrogen) atoms. The summed E-state index contributed by atoms with van der Waals surface area (Å²) in [6.07, 6.45) is 0. The van der Waals surface area contributed by atoms with Crippen LogP contribution in [-0.4, -0.2) is 29.4 Å². The number of benzene rings is 1. The lowest BCUT2D eigenvalue weighted by Gasteiger charge is -2.08. The van der Waals surface area contributed by atoms with E-state index in [0.29, 0.717) is 0 Å². The van der Waals surface area contributed by atoms with Crippen molar-refractivity contribution in [2.75, 3.05) is 18.9 Å². The Hall–Kier alpha value is -1.82. The molecule has 0 spiro atoms. The van der Waals surface area contributed by atoms with E-state index in [2.05, 4.69) is 0 Å². The lowest BCUT2D eigenvalue weighted by Crippen LogP contribution is -2.07. The third-order valence-electron chi connectivity index (χ3n) is 1.68. The molecule has 0 aliphatic rings. The molecule has 5 nitrogen and oxygen atoms in total. The van der Waals surface area contributed by atoms with Gasteiger partial charge in [-0.25, -0.2) is 9.18 Å². The first-order valence-corrected chi connectivity index (χ1v) is 4.12. The molecule has 0 aromatic heterocycles. The predicted molar refractivity (Wildman–Crippen MR) is 50.4 cm³/mol. The van der Waals surface area contributed by atoms with Gasteiger partial charge in [-0.15, -0.1) is 0 Å². The van der Waals surface area contributed by atoms with Crippen LogP contribution in [0.25, 0.3) is 0 Å². The number of hydrogen-bond donors (Lipinski definition) is 3. The van der Waals surface area contributed by atoms with Crippen molar-refractivity contribution < 1.29 is 24.1 Å². The van der Waals surface area contributed by atoms with Crippen LogP contribution in [0.1, 0.15) is 10.4 Å². The van der Waals surface area contributed by atoms with Crippen molar-refractivity contribution in [3.05, 3.63) is 23.5 Å². The average molecular weight is 215 g/mol. The summed E-state index contributed by atoms with van der Waals surface area (Å²) < 4.78 is 18.0. The standard InChI is InChI=1S/C9H10FNO4/c10-6-4-8(15-2-1-12)7(11)3-5(6)9(13)14/h3-4,12H,1-2,11H2,(H,13,14). The molecule has 0 atom stereocenters. The van der Waals surface area contributed by atoms with Gasteiger partial charge in [0.25, 0.3) is 0 Å². The fraction of sp³-hybridized carbons (Fsp3) is 0.222. The number of aromatic carboxylic acids is 1. The quantitative estimate of drug-likeness (QED) is 0.635. The van der Waals surface area contributed by atoms with Gasteiger partial charge in [0, 0.05) is 6.07 Å². The van der Waals surface area contributed by atoms with Crippen molar-refractivity contribution in [1.82, 2.24) is 0 Å². The molecule has 0 radical (unpaired) electrons. The third-order valence-corrected chi connectivity index (χ3v) is 1.68. The zero-order valence-corrected chi connectivity index (χ0v) is 7.74. The topological polar surface area (TPSA) is 92.8 Å². The number of rotatable bonds is 4. The summed E-state index contributed by atoms with van der Waals surface area (Å²) in [6, 6.07) is 1.86. The number of aliphatic hydroxyl groups excluding tert-OH is 1. The Morgan fingerprint density at radius 3 is 2.73 bits per heavy atom. The summed E-state index contributed by atoms with van der Waals surface area (Å²) in [7, 11) is 0. The predicted octanol–water partition coefficient (Wildman–Crippen LogP) is 0.477. The number of halogens is 1. The van der Waals surface area contributed by atoms with Crippen LogP contribution >= 0.6 is 0 Å². The lowest BCUT2D eigenvalue weighted by atomic mass is 10.2. The molecule has 0 amide bonds. The van der Waals surface area contributed by atoms with Gasteiger partial charge >= 0.3 is 5.97 Å². The molecule has 0 aliphatic heterocycles. The maximum Gasteiger partial charge on any atom is 0.338 e. The number of carboxylic acids is 1. The Labute approximate surface area is 84.9 Å². The number of ether oxygens (including phenoxy) is 1. The number of anilines is 1. The van der Waals surface area contributed by atoms with Crippen molar-refractivity contribution in [1.29, 1.82) is 0 Å². The summed E-state index contributed by atoms with van der Waals surface area (Å²) in [5.41, 5.74) is 4.94. The van der Waals surface area contributed by atoms with Gasteiger partial charge in [-0.05, 0) is 6.07 Å². The van der Waals surface area contributed by atoms with Gasteiger partial charge in [0.15, 0.2) is 0 Å². The van der Waals surface area contributed by atoms with Gasteiger partial charge in [-0.2, -0.15) is 0 Å². The van der Waals surface area contributed by atoms with Crippen molar-refractivity contribution in [3.8, 4) is 5.75 Å². The fourth-order valence-corrected chi connectivity index (χ4v) is 1.02. The summed E-state index contributed by atoms with van der Waals surface area (Å²) in [6.45, 7) is -0.266. The van der Waals surface area contributed by atoms with Crippen LogP contribution in [0, 0.1) is 5.82 Å². The first-order valence-electron chi connectivity index (χ1n) is 4.12. The average Bonchev–Trinajstić information content (AvgIpc) is 2.18. The van der Waals surface area contributed by atoms with E-state index >= 15 is 0 Å². The maximum atomic E-state index is 13.1. The Morgan fingerprint density at radius 1 is 1.53 bits per heavy atom. The SMILES string of the molecule is Nc1cc(C(=O)O)c(F)cc1OCCO. The first kappa shape index (κ1) is 11.3. The van der Waals surface area contributed by atoms with Crippen LogP contribution in [0.15, 0.2) is 12.1 Å². The molecular weight excluding hydrogens is 205 g/mol. The molecule has 0 unspecified atom stereocenters. The first-order chi connectivity index (χ1) is 7.06. The molecule has 6 heteroatoms. The molecule has 0 aliphatic carbocycles. The molecule has 0 saturated carbocycles. The van der Waals surface area contributed by atoms with Gasteiger partial charge in [0.05, 0.1) is 17.9 Å². The normalized spacial score (nSPS) is 10.0. The molecule has 0 bridgehead atoms. The maximum absolute atomic E-state index is 13.1. The second-order valence-corrected chi connectivity index (χ2v) is 2.75. The number of nitrogens with two attached hydrogens (primary N) is 1. The van der Waals surface area contributed by atoms with Gasteiger partial charge in [-0.1, -0.05) is 0 Å². The van der Waals surface area contributed by atoms with E-state index in [1.807, 2.05) is 0 Å². The zero-order chi connectivity index (χ0) is 11.4. The Morgan fingerprint density at radius 2 is 2.20 bits per heavy atom. The van der Waals surface area contributed by atoms with E-state index in [9.17, 15) is 9.18 Å². The van der Waals surface area contributed by atoms with Crippen molar-refractivity contribution in [3.63, 3.8) is 0 Å². The van der Waals surface area contributed by atoms with E-state index in [1.54, 1.807) is 0 Å². The molecule has 0 fully saturated rings. The monoisotopic (exact) mass is 215 g/mol. The van der Waals surface area contributed by atoms with Crippen molar-refractivity contribution >= 4 is 11.7 Å². The minimum absolute atomic E-state index is 0.0160. The van der Waals surface area contributed by atoms with E-state index in [1.165, 1.54) is 0 Å². The largest absolute Gasteiger partial charge is 0.489 e. The summed E-state index contributed by atoms with van der Waals surface area (Å²) in [5.74, 6) is -2.30. The van der Waals surface area contributed by atoms with E-state index in [0.717, 1.165) is 12.1 Å². The fourth-order valence-electron chi connectivity index (χ4n) is 1.02. The molecule has 1 aromatic rings. The summed E-state index contributed by atoms with van der Waals surface area (Å²) in [5, 5.41) is 17.1. The van der Waals surface area contributed by atoms with Crippen LogP contribution in [0.3, 0.4) is 0 Å². The number of carboxylic acid groups (broad SMARTS) is 1. The van der Waals surface area contributed by atoms with Crippen LogP contribution in [0.2, 0.25) is 0 Å². The number of carbonyl (C=O) groups is 1. The Balaban J connectivity index is 3.02. The van der Waals surface area contributed by atoms with Crippen LogP contribution in [0.4, 0.5) is 10.1 Å². The minimum atomic E-state index is -1.40. The molecule has 1 rings (SSSR count). The van der Waals surface area contributed by atoms with Gasteiger partial charge in [-0.3, -0.25) is 0 Å². The van der Waals surface area contributed by atoms with Gasteiger partial charge in [0.1, 0.15) is 18.2 Å².